The zero-order chi connectivity index (χ0) is 15.4. The van der Waals surface area contributed by atoms with E-state index in [1.54, 1.807) is 31.5 Å². The lowest BCUT2D eigenvalue weighted by atomic mass is 10.2. The lowest BCUT2D eigenvalue weighted by molar-refractivity contribution is 0.0955. The summed E-state index contributed by atoms with van der Waals surface area (Å²) < 4.78 is 9.65. The number of aromatic nitrogens is 2. The van der Waals surface area contributed by atoms with E-state index in [1.165, 1.54) is 0 Å². The highest BCUT2D eigenvalue weighted by atomic mass is 16.6. The monoisotopic (exact) mass is 296 g/mol. The van der Waals surface area contributed by atoms with Crippen LogP contribution in [0.2, 0.25) is 0 Å². The molecular formula is C15H12N4O3. The fourth-order valence-corrected chi connectivity index (χ4v) is 1.84. The van der Waals surface area contributed by atoms with Gasteiger partial charge in [0.1, 0.15) is 16.8 Å². The third-order valence-electron chi connectivity index (χ3n) is 3.01. The fraction of sp³-hybridized carbons (Fsp3) is 0.0667. The van der Waals surface area contributed by atoms with Gasteiger partial charge >= 0.3 is 0 Å². The van der Waals surface area contributed by atoms with Crippen molar-refractivity contribution >= 4 is 23.2 Å². The quantitative estimate of drug-likeness (QED) is 0.587. The van der Waals surface area contributed by atoms with Gasteiger partial charge in [0, 0.05) is 5.56 Å². The van der Waals surface area contributed by atoms with Gasteiger partial charge in [0.15, 0.2) is 0 Å². The van der Waals surface area contributed by atoms with Crippen LogP contribution in [0.5, 0.6) is 5.75 Å². The largest absolute Gasteiger partial charge is 0.497 e. The standard InChI is InChI=1S/C15H12N4O3/c1-21-12-5-2-10(3-6-12)9-16-17-15(20)11-4-7-13-14(8-11)19-22-18-13/h2-9H,1H3,(H,17,20)/b16-9-. The van der Waals surface area contributed by atoms with Crippen LogP contribution in [-0.4, -0.2) is 29.5 Å². The Morgan fingerprint density at radius 2 is 1.95 bits per heavy atom. The first kappa shape index (κ1) is 13.7. The van der Waals surface area contributed by atoms with Crippen LogP contribution in [0.4, 0.5) is 0 Å². The number of carbonyl (C=O) groups is 1. The number of carbonyl (C=O) groups excluding carboxylic acids is 1. The molecule has 1 aromatic heterocycles. The van der Waals surface area contributed by atoms with Gasteiger partial charge in [0.2, 0.25) is 0 Å². The van der Waals surface area contributed by atoms with E-state index < -0.39 is 0 Å². The number of benzene rings is 2. The van der Waals surface area contributed by atoms with Crippen molar-refractivity contribution in [2.75, 3.05) is 7.11 Å². The maximum Gasteiger partial charge on any atom is 0.271 e. The first-order valence-corrected chi connectivity index (χ1v) is 6.46. The predicted octanol–water partition coefficient (Wildman–Crippen LogP) is 2.00. The molecule has 0 spiro atoms. The van der Waals surface area contributed by atoms with Crippen LogP contribution in [0.15, 0.2) is 52.2 Å². The van der Waals surface area contributed by atoms with Crippen molar-refractivity contribution in [2.24, 2.45) is 5.10 Å². The van der Waals surface area contributed by atoms with Crippen molar-refractivity contribution in [1.82, 2.24) is 15.7 Å². The number of nitrogens with one attached hydrogen (secondary N) is 1. The Morgan fingerprint density at radius 1 is 1.18 bits per heavy atom. The van der Waals surface area contributed by atoms with Crippen molar-refractivity contribution in [3.05, 3.63) is 53.6 Å². The second-order valence-corrected chi connectivity index (χ2v) is 4.44. The van der Waals surface area contributed by atoms with Gasteiger partial charge in [-0.1, -0.05) is 0 Å². The van der Waals surface area contributed by atoms with E-state index in [-0.39, 0.29) is 5.91 Å². The predicted molar refractivity (Wildman–Crippen MR) is 79.9 cm³/mol. The molecule has 1 N–H and O–H groups in total. The van der Waals surface area contributed by atoms with Gasteiger partial charge < -0.3 is 4.74 Å². The highest BCUT2D eigenvalue weighted by Gasteiger charge is 2.07. The van der Waals surface area contributed by atoms with Gasteiger partial charge in [-0.25, -0.2) is 10.1 Å². The van der Waals surface area contributed by atoms with Gasteiger partial charge in [-0.2, -0.15) is 5.10 Å². The minimum atomic E-state index is -0.338. The summed E-state index contributed by atoms with van der Waals surface area (Å²) in [7, 11) is 1.60. The molecule has 22 heavy (non-hydrogen) atoms. The van der Waals surface area contributed by atoms with Crippen LogP contribution in [0.25, 0.3) is 11.0 Å². The van der Waals surface area contributed by atoms with Crippen LogP contribution in [0.3, 0.4) is 0 Å². The van der Waals surface area contributed by atoms with Crippen molar-refractivity contribution < 1.29 is 14.2 Å². The second-order valence-electron chi connectivity index (χ2n) is 4.44. The Hall–Kier alpha value is -3.22. The summed E-state index contributed by atoms with van der Waals surface area (Å²) in [6.07, 6.45) is 1.55. The Balaban J connectivity index is 1.66. The van der Waals surface area contributed by atoms with Gasteiger partial charge in [-0.15, -0.1) is 0 Å². The fourth-order valence-electron chi connectivity index (χ4n) is 1.84. The van der Waals surface area contributed by atoms with Crippen molar-refractivity contribution in [2.45, 2.75) is 0 Å². The molecule has 0 atom stereocenters. The maximum absolute atomic E-state index is 12.0. The van der Waals surface area contributed by atoms with Crippen LogP contribution >= 0.6 is 0 Å². The molecule has 7 heteroatoms. The Bertz CT molecular complexity index is 824. The highest BCUT2D eigenvalue weighted by Crippen LogP contribution is 2.12. The summed E-state index contributed by atoms with van der Waals surface area (Å²) in [5, 5.41) is 11.3. The highest BCUT2D eigenvalue weighted by molar-refractivity contribution is 5.97. The van der Waals surface area contributed by atoms with E-state index in [0.717, 1.165) is 11.3 Å². The average molecular weight is 296 g/mol. The second kappa shape index (κ2) is 6.04. The van der Waals surface area contributed by atoms with Gasteiger partial charge in [0.05, 0.1) is 13.3 Å². The topological polar surface area (TPSA) is 89.6 Å². The summed E-state index contributed by atoms with van der Waals surface area (Å²) >= 11 is 0. The van der Waals surface area contributed by atoms with Gasteiger partial charge in [-0.05, 0) is 58.3 Å². The first-order chi connectivity index (χ1) is 10.8. The Labute approximate surface area is 125 Å². The minimum Gasteiger partial charge on any atom is -0.497 e. The number of fused-ring (bicyclic) bond motifs is 1. The van der Waals surface area contributed by atoms with E-state index >= 15 is 0 Å². The normalized spacial score (nSPS) is 11.0. The third kappa shape index (κ3) is 2.93. The molecule has 0 aliphatic carbocycles. The number of hydrogen-bond donors (Lipinski definition) is 1. The maximum atomic E-state index is 12.0. The summed E-state index contributed by atoms with van der Waals surface area (Å²) in [4.78, 5) is 12.0. The van der Waals surface area contributed by atoms with E-state index in [1.807, 2.05) is 24.3 Å². The lowest BCUT2D eigenvalue weighted by Crippen LogP contribution is -2.17. The van der Waals surface area contributed by atoms with Crippen LogP contribution in [0.1, 0.15) is 15.9 Å². The Morgan fingerprint density at radius 3 is 2.73 bits per heavy atom. The summed E-state index contributed by atoms with van der Waals surface area (Å²) in [6.45, 7) is 0. The Kier molecular flexibility index (Phi) is 3.78. The molecule has 0 aliphatic rings. The lowest BCUT2D eigenvalue weighted by Gasteiger charge is -2.00. The SMILES string of the molecule is COc1ccc(/C=N\NC(=O)c2ccc3nonc3c2)cc1. The first-order valence-electron chi connectivity index (χ1n) is 6.46. The summed E-state index contributed by atoms with van der Waals surface area (Å²) in [5.74, 6) is 0.422. The number of hydrogen-bond acceptors (Lipinski definition) is 6. The molecule has 0 radical (unpaired) electrons. The molecule has 2 aromatic carbocycles. The van der Waals surface area contributed by atoms with E-state index in [2.05, 4.69) is 25.5 Å². The van der Waals surface area contributed by atoms with Crippen LogP contribution in [-0.2, 0) is 0 Å². The van der Waals surface area contributed by atoms with Gasteiger partial charge in [-0.3, -0.25) is 4.79 Å². The molecule has 3 aromatic rings. The zero-order valence-corrected chi connectivity index (χ0v) is 11.7. The van der Waals surface area contributed by atoms with E-state index in [4.69, 9.17) is 4.74 Å². The van der Waals surface area contributed by atoms with Crippen molar-refractivity contribution in [3.8, 4) is 5.75 Å². The molecule has 7 nitrogen and oxygen atoms in total. The molecule has 0 saturated carbocycles. The number of rotatable bonds is 4. The van der Waals surface area contributed by atoms with Crippen LogP contribution < -0.4 is 10.2 Å². The number of methoxy groups -OCH3 is 1. The zero-order valence-electron chi connectivity index (χ0n) is 11.7. The molecule has 0 aliphatic heterocycles. The van der Waals surface area contributed by atoms with Crippen LogP contribution in [0, 0.1) is 0 Å². The van der Waals surface area contributed by atoms with Crippen molar-refractivity contribution in [1.29, 1.82) is 0 Å². The van der Waals surface area contributed by atoms with E-state index in [9.17, 15) is 4.79 Å². The molecule has 1 heterocycles. The molecule has 110 valence electrons. The average Bonchev–Trinajstić information content (AvgIpc) is 3.03. The van der Waals surface area contributed by atoms with E-state index in [0.29, 0.717) is 16.6 Å². The molecular weight excluding hydrogens is 284 g/mol. The number of nitrogens with zero attached hydrogens (tertiary/aromatic N) is 3. The van der Waals surface area contributed by atoms with Gasteiger partial charge in [0.25, 0.3) is 5.91 Å². The molecule has 1 amide bonds. The molecule has 0 saturated heterocycles. The number of hydrazone groups is 1. The summed E-state index contributed by atoms with van der Waals surface area (Å²) in [6, 6.07) is 12.2. The molecule has 3 rings (SSSR count). The summed E-state index contributed by atoms with van der Waals surface area (Å²) in [5.41, 5.74) is 4.84. The molecule has 0 fully saturated rings. The van der Waals surface area contributed by atoms with Crippen molar-refractivity contribution in [3.63, 3.8) is 0 Å². The molecule has 0 bridgehead atoms. The molecule has 0 unspecified atom stereocenters. The minimum absolute atomic E-state index is 0.338. The number of amides is 1. The number of ether oxygens (including phenoxy) is 1. The smallest absolute Gasteiger partial charge is 0.271 e. The third-order valence-corrected chi connectivity index (χ3v) is 3.01.